The van der Waals surface area contributed by atoms with Crippen LogP contribution in [0.4, 0.5) is 20.4 Å². The van der Waals surface area contributed by atoms with Crippen LogP contribution < -0.4 is 10.6 Å². The molecule has 7 heteroatoms. The van der Waals surface area contributed by atoms with Gasteiger partial charge in [-0.15, -0.1) is 0 Å². The Balaban J connectivity index is 1.99. The summed E-state index contributed by atoms with van der Waals surface area (Å²) in [6.45, 7) is 0.649. The number of pyridine rings is 1. The van der Waals surface area contributed by atoms with Crippen LogP contribution in [0.1, 0.15) is 0 Å². The third-order valence-corrected chi connectivity index (χ3v) is 5.39. The van der Waals surface area contributed by atoms with Crippen LogP contribution in [0.3, 0.4) is 0 Å². The molecule has 0 spiro atoms. The number of halogens is 2. The second kappa shape index (κ2) is 6.47. The van der Waals surface area contributed by atoms with E-state index >= 15 is 0 Å². The van der Waals surface area contributed by atoms with Crippen LogP contribution in [0.2, 0.25) is 0 Å². The molecule has 1 fully saturated rings. The fourth-order valence-corrected chi connectivity index (χ4v) is 4.24. The molecule has 1 atom stereocenters. The third kappa shape index (κ3) is 3.41. The van der Waals surface area contributed by atoms with Crippen LogP contribution in [0.15, 0.2) is 6.07 Å². The number of anilines is 2. The Morgan fingerprint density at radius 2 is 2.11 bits per heavy atom. The Kier molecular flexibility index (Phi) is 4.94. The van der Waals surface area contributed by atoms with Crippen molar-refractivity contribution in [2.45, 2.75) is 5.25 Å². The smallest absolute Gasteiger partial charge is 0.168 e. The lowest BCUT2D eigenvalue weighted by atomic mass is 10.3. The Morgan fingerprint density at radius 1 is 1.33 bits per heavy atom. The maximum atomic E-state index is 13.5. The standard InChI is InChI=1S/C11H15F2N3S2/c1-14-10-8(12)4-9(13)11(16-10)15-5-7-6-17-2-3-18-7/h4,7H,2-3,5-6H2,1H3,(H2,14,15,16). The molecule has 2 N–H and O–H groups in total. The molecular weight excluding hydrogens is 276 g/mol. The van der Waals surface area contributed by atoms with E-state index in [-0.39, 0.29) is 11.6 Å². The lowest BCUT2D eigenvalue weighted by Crippen LogP contribution is -2.24. The van der Waals surface area contributed by atoms with E-state index in [1.165, 1.54) is 5.75 Å². The highest BCUT2D eigenvalue weighted by Gasteiger charge is 2.16. The molecule has 0 bridgehead atoms. The number of nitrogens with zero attached hydrogens (tertiary/aromatic N) is 1. The number of thioether (sulfide) groups is 2. The number of hydrogen-bond donors (Lipinski definition) is 2. The van der Waals surface area contributed by atoms with Crippen molar-refractivity contribution in [3.63, 3.8) is 0 Å². The van der Waals surface area contributed by atoms with Crippen LogP contribution in [0.5, 0.6) is 0 Å². The summed E-state index contributed by atoms with van der Waals surface area (Å²) in [6, 6.07) is 0.851. The highest BCUT2D eigenvalue weighted by Crippen LogP contribution is 2.25. The summed E-state index contributed by atoms with van der Waals surface area (Å²) in [5, 5.41) is 6.01. The quantitative estimate of drug-likeness (QED) is 0.892. The van der Waals surface area contributed by atoms with E-state index in [9.17, 15) is 8.78 Å². The summed E-state index contributed by atoms with van der Waals surface area (Å²) < 4.78 is 26.7. The molecule has 1 aliphatic rings. The van der Waals surface area contributed by atoms with E-state index in [1.807, 2.05) is 23.5 Å². The molecule has 0 radical (unpaired) electrons. The van der Waals surface area contributed by atoms with Crippen molar-refractivity contribution in [1.29, 1.82) is 0 Å². The van der Waals surface area contributed by atoms with Gasteiger partial charge in [0.15, 0.2) is 23.3 Å². The van der Waals surface area contributed by atoms with E-state index in [2.05, 4.69) is 15.6 Å². The summed E-state index contributed by atoms with van der Waals surface area (Å²) in [4.78, 5) is 3.89. The minimum Gasteiger partial charge on any atom is -0.371 e. The molecule has 1 aliphatic heterocycles. The van der Waals surface area contributed by atoms with Gasteiger partial charge < -0.3 is 10.6 Å². The van der Waals surface area contributed by atoms with Gasteiger partial charge in [-0.1, -0.05) is 0 Å². The molecule has 1 saturated heterocycles. The zero-order chi connectivity index (χ0) is 13.0. The first-order valence-electron chi connectivity index (χ1n) is 5.67. The zero-order valence-corrected chi connectivity index (χ0v) is 11.6. The van der Waals surface area contributed by atoms with E-state index in [0.29, 0.717) is 11.8 Å². The zero-order valence-electron chi connectivity index (χ0n) is 10.0. The van der Waals surface area contributed by atoms with Crippen LogP contribution in [-0.4, -0.2) is 41.1 Å². The maximum Gasteiger partial charge on any atom is 0.168 e. The second-order valence-corrected chi connectivity index (χ2v) is 6.41. The predicted molar refractivity (Wildman–Crippen MR) is 75.8 cm³/mol. The minimum absolute atomic E-state index is 0.0598. The highest BCUT2D eigenvalue weighted by molar-refractivity contribution is 8.06. The van der Waals surface area contributed by atoms with Gasteiger partial charge in [0.25, 0.3) is 0 Å². The van der Waals surface area contributed by atoms with E-state index in [1.54, 1.807) is 7.05 Å². The van der Waals surface area contributed by atoms with Crippen molar-refractivity contribution in [2.75, 3.05) is 41.5 Å². The monoisotopic (exact) mass is 291 g/mol. The molecule has 1 aromatic heterocycles. The average Bonchev–Trinajstić information content (AvgIpc) is 2.39. The maximum absolute atomic E-state index is 13.5. The first-order chi connectivity index (χ1) is 8.70. The average molecular weight is 291 g/mol. The van der Waals surface area contributed by atoms with Crippen LogP contribution in [0.25, 0.3) is 0 Å². The van der Waals surface area contributed by atoms with Gasteiger partial charge in [0.05, 0.1) is 0 Å². The molecule has 2 rings (SSSR count). The molecule has 18 heavy (non-hydrogen) atoms. The summed E-state index contributed by atoms with van der Waals surface area (Å²) >= 11 is 3.78. The van der Waals surface area contributed by atoms with Crippen molar-refractivity contribution in [3.05, 3.63) is 17.7 Å². The lowest BCUT2D eigenvalue weighted by Gasteiger charge is -2.21. The highest BCUT2D eigenvalue weighted by atomic mass is 32.2. The molecule has 0 aromatic carbocycles. The van der Waals surface area contributed by atoms with Gasteiger partial charge in [0.1, 0.15) is 0 Å². The molecule has 1 aromatic rings. The van der Waals surface area contributed by atoms with Crippen molar-refractivity contribution >= 4 is 35.2 Å². The van der Waals surface area contributed by atoms with Crippen molar-refractivity contribution in [3.8, 4) is 0 Å². The van der Waals surface area contributed by atoms with Gasteiger partial charge in [-0.3, -0.25) is 0 Å². The first-order valence-corrected chi connectivity index (χ1v) is 7.88. The fourth-order valence-electron chi connectivity index (χ4n) is 1.63. The van der Waals surface area contributed by atoms with E-state index < -0.39 is 11.6 Å². The first kappa shape index (κ1) is 13.7. The topological polar surface area (TPSA) is 37.0 Å². The van der Waals surface area contributed by atoms with Crippen molar-refractivity contribution in [2.24, 2.45) is 0 Å². The number of rotatable bonds is 4. The van der Waals surface area contributed by atoms with Gasteiger partial charge in [0.2, 0.25) is 0 Å². The molecule has 1 unspecified atom stereocenters. The van der Waals surface area contributed by atoms with Gasteiger partial charge in [-0.2, -0.15) is 23.5 Å². The summed E-state index contributed by atoms with van der Waals surface area (Å²) in [5.74, 6) is 2.19. The molecular formula is C11H15F2N3S2. The Hall–Kier alpha value is -0.690. The Labute approximate surface area is 114 Å². The summed E-state index contributed by atoms with van der Waals surface area (Å²) in [6.07, 6.45) is 0. The van der Waals surface area contributed by atoms with Gasteiger partial charge in [-0.25, -0.2) is 13.8 Å². The van der Waals surface area contributed by atoms with Crippen LogP contribution in [-0.2, 0) is 0 Å². The summed E-state index contributed by atoms with van der Waals surface area (Å²) in [5.41, 5.74) is 0. The van der Waals surface area contributed by atoms with Crippen LogP contribution in [0, 0.1) is 11.6 Å². The third-order valence-electron chi connectivity index (χ3n) is 2.55. The molecule has 3 nitrogen and oxygen atoms in total. The Morgan fingerprint density at radius 3 is 2.78 bits per heavy atom. The SMILES string of the molecule is CNc1nc(NCC2CSCCS2)c(F)cc1F. The van der Waals surface area contributed by atoms with E-state index in [0.717, 1.165) is 17.6 Å². The van der Waals surface area contributed by atoms with Gasteiger partial charge in [-0.05, 0) is 0 Å². The fraction of sp³-hybridized carbons (Fsp3) is 0.545. The molecule has 0 saturated carbocycles. The molecule has 0 amide bonds. The number of nitrogens with one attached hydrogen (secondary N) is 2. The van der Waals surface area contributed by atoms with Crippen LogP contribution >= 0.6 is 23.5 Å². The second-order valence-electron chi connectivity index (χ2n) is 3.85. The predicted octanol–water partition coefficient (Wildman–Crippen LogP) is 2.66. The molecule has 2 heterocycles. The largest absolute Gasteiger partial charge is 0.371 e. The van der Waals surface area contributed by atoms with Crippen molar-refractivity contribution in [1.82, 2.24) is 4.98 Å². The summed E-state index contributed by atoms with van der Waals surface area (Å²) in [7, 11) is 1.56. The molecule has 0 aliphatic carbocycles. The van der Waals surface area contributed by atoms with Crippen molar-refractivity contribution < 1.29 is 8.78 Å². The molecule has 100 valence electrons. The number of aromatic nitrogens is 1. The normalized spacial score (nSPS) is 19.6. The Bertz CT molecular complexity index is 412. The van der Waals surface area contributed by atoms with Gasteiger partial charge >= 0.3 is 0 Å². The lowest BCUT2D eigenvalue weighted by molar-refractivity contribution is 0.578. The number of hydrogen-bond acceptors (Lipinski definition) is 5. The van der Waals surface area contributed by atoms with Gasteiger partial charge in [0, 0.05) is 42.2 Å². The minimum atomic E-state index is -0.678. The van der Waals surface area contributed by atoms with E-state index in [4.69, 9.17) is 0 Å².